The highest BCUT2D eigenvalue weighted by Crippen LogP contribution is 2.46. The van der Waals surface area contributed by atoms with Crippen LogP contribution >= 0.6 is 11.3 Å². The lowest BCUT2D eigenvalue weighted by Crippen LogP contribution is -2.46. The van der Waals surface area contributed by atoms with E-state index in [2.05, 4.69) is 30.9 Å². The lowest BCUT2D eigenvalue weighted by molar-refractivity contribution is -0.0757. The van der Waals surface area contributed by atoms with Gasteiger partial charge in [0.05, 0.1) is 35.3 Å². The molecule has 0 aromatic carbocycles. The number of pyridine rings is 1. The maximum atomic E-state index is 6.44. The van der Waals surface area contributed by atoms with Crippen LogP contribution in [-0.4, -0.2) is 44.2 Å². The number of hydrogen-bond acceptors (Lipinski definition) is 8. The molecule has 4 aromatic rings. The van der Waals surface area contributed by atoms with Gasteiger partial charge in [-0.1, -0.05) is 6.07 Å². The van der Waals surface area contributed by atoms with Crippen molar-refractivity contribution in [2.45, 2.75) is 24.9 Å². The predicted molar refractivity (Wildman–Crippen MR) is 121 cm³/mol. The van der Waals surface area contributed by atoms with Crippen LogP contribution in [0.5, 0.6) is 0 Å². The number of rotatable bonds is 2. The van der Waals surface area contributed by atoms with Crippen LogP contribution in [0.3, 0.4) is 0 Å². The summed E-state index contributed by atoms with van der Waals surface area (Å²) in [7, 11) is 1.95. The first-order chi connectivity index (χ1) is 15.1. The number of aromatic nitrogens is 5. The first-order valence-corrected chi connectivity index (χ1v) is 11.3. The summed E-state index contributed by atoms with van der Waals surface area (Å²) in [4.78, 5) is 23.0. The van der Waals surface area contributed by atoms with Gasteiger partial charge in [0, 0.05) is 31.4 Å². The first kappa shape index (κ1) is 18.7. The van der Waals surface area contributed by atoms with Crippen molar-refractivity contribution in [3.8, 4) is 10.6 Å². The average molecular weight is 434 g/mol. The van der Waals surface area contributed by atoms with E-state index < -0.39 is 0 Å². The number of fused-ring (bicyclic) bond motifs is 3. The number of thiophene rings is 1. The zero-order chi connectivity index (χ0) is 21.0. The van der Waals surface area contributed by atoms with Gasteiger partial charge >= 0.3 is 0 Å². The van der Waals surface area contributed by atoms with Crippen molar-refractivity contribution in [1.82, 2.24) is 24.5 Å². The third-order valence-corrected chi connectivity index (χ3v) is 7.57. The highest BCUT2D eigenvalue weighted by Gasteiger charge is 2.42. The third-order valence-electron chi connectivity index (χ3n) is 6.35. The molecule has 6 heterocycles. The fourth-order valence-corrected chi connectivity index (χ4v) is 5.87. The van der Waals surface area contributed by atoms with Crippen molar-refractivity contribution in [2.24, 2.45) is 7.05 Å². The number of piperidine rings is 1. The summed E-state index contributed by atoms with van der Waals surface area (Å²) >= 11 is 1.82. The molecular formula is C22H23N7OS. The molecule has 158 valence electrons. The minimum absolute atomic E-state index is 0.242. The van der Waals surface area contributed by atoms with Gasteiger partial charge < -0.3 is 19.9 Å². The van der Waals surface area contributed by atoms with Crippen molar-refractivity contribution < 1.29 is 4.74 Å². The van der Waals surface area contributed by atoms with Crippen molar-refractivity contribution in [3.63, 3.8) is 0 Å². The monoisotopic (exact) mass is 433 g/mol. The minimum Gasteiger partial charge on any atom is -0.384 e. The number of ether oxygens (including phenoxy) is 1. The Morgan fingerprint density at radius 2 is 2.03 bits per heavy atom. The second kappa shape index (κ2) is 7.00. The highest BCUT2D eigenvalue weighted by atomic mass is 32.1. The molecule has 4 aromatic heterocycles. The fraction of sp³-hybridized carbons (Fsp3) is 0.364. The lowest BCUT2D eigenvalue weighted by atomic mass is 9.82. The van der Waals surface area contributed by atoms with E-state index in [-0.39, 0.29) is 5.60 Å². The molecule has 8 nitrogen and oxygen atoms in total. The molecule has 2 aliphatic heterocycles. The molecule has 0 aliphatic carbocycles. The Morgan fingerprint density at radius 1 is 1.16 bits per heavy atom. The number of aryl methyl sites for hydroxylation is 1. The normalized spacial score (nSPS) is 17.9. The molecule has 2 N–H and O–H groups in total. The number of anilines is 2. The van der Waals surface area contributed by atoms with Crippen molar-refractivity contribution in [2.75, 3.05) is 30.3 Å². The Balaban J connectivity index is 1.27. The van der Waals surface area contributed by atoms with Gasteiger partial charge in [-0.25, -0.2) is 15.0 Å². The van der Waals surface area contributed by atoms with Gasteiger partial charge in [-0.15, -0.1) is 11.3 Å². The quantitative estimate of drug-likeness (QED) is 0.519. The molecule has 1 fully saturated rings. The zero-order valence-electron chi connectivity index (χ0n) is 17.3. The van der Waals surface area contributed by atoms with Crippen molar-refractivity contribution in [1.29, 1.82) is 0 Å². The molecule has 6 rings (SSSR count). The summed E-state index contributed by atoms with van der Waals surface area (Å²) in [6.07, 6.45) is 6.39. The van der Waals surface area contributed by atoms with Gasteiger partial charge in [0.25, 0.3) is 0 Å². The molecule has 0 unspecified atom stereocenters. The maximum absolute atomic E-state index is 6.44. The van der Waals surface area contributed by atoms with Crippen LogP contribution in [0.25, 0.3) is 21.7 Å². The highest BCUT2D eigenvalue weighted by molar-refractivity contribution is 7.15. The standard InChI is InChI=1S/C22H23N7OS/c1-28-13-25-20-16(28)12-24-21(27-20)29-8-6-22(7-9-29)14-11-18(31-17(14)5-10-30-22)15-3-2-4-19(23)26-15/h2-4,11-13H,5-10H2,1H3,(H2,23,26). The fourth-order valence-electron chi connectivity index (χ4n) is 4.67. The van der Waals surface area contributed by atoms with E-state index in [1.54, 1.807) is 6.33 Å². The van der Waals surface area contributed by atoms with Crippen LogP contribution in [0, 0.1) is 0 Å². The van der Waals surface area contributed by atoms with Crippen LogP contribution in [0.15, 0.2) is 36.8 Å². The van der Waals surface area contributed by atoms with E-state index in [4.69, 9.17) is 10.5 Å². The van der Waals surface area contributed by atoms with Gasteiger partial charge in [-0.3, -0.25) is 0 Å². The molecule has 0 amide bonds. The van der Waals surface area contributed by atoms with Gasteiger partial charge in [0.2, 0.25) is 5.95 Å². The van der Waals surface area contributed by atoms with E-state index in [9.17, 15) is 0 Å². The SMILES string of the molecule is Cn1cnc2nc(N3CCC4(CC3)OCCc3sc(-c5cccc(N)n5)cc34)ncc21. The van der Waals surface area contributed by atoms with E-state index >= 15 is 0 Å². The maximum Gasteiger partial charge on any atom is 0.227 e. The zero-order valence-corrected chi connectivity index (χ0v) is 18.1. The molecule has 2 aliphatic rings. The Hall–Kier alpha value is -3.04. The summed E-state index contributed by atoms with van der Waals surface area (Å²) in [5, 5.41) is 0. The summed E-state index contributed by atoms with van der Waals surface area (Å²) < 4.78 is 8.38. The number of nitrogens with two attached hydrogens (primary N) is 1. The Bertz CT molecular complexity index is 1270. The van der Waals surface area contributed by atoms with Crippen molar-refractivity contribution >= 4 is 34.3 Å². The van der Waals surface area contributed by atoms with Crippen LogP contribution in [0.4, 0.5) is 11.8 Å². The Morgan fingerprint density at radius 3 is 2.87 bits per heavy atom. The molecule has 31 heavy (non-hydrogen) atoms. The molecule has 0 radical (unpaired) electrons. The predicted octanol–water partition coefficient (Wildman–Crippen LogP) is 3.14. The molecule has 0 bridgehead atoms. The molecule has 0 atom stereocenters. The summed E-state index contributed by atoms with van der Waals surface area (Å²) in [6, 6.07) is 8.07. The van der Waals surface area contributed by atoms with Crippen molar-refractivity contribution in [3.05, 3.63) is 47.2 Å². The number of nitrogen functional groups attached to an aromatic ring is 1. The molecule has 9 heteroatoms. The molecular weight excluding hydrogens is 410 g/mol. The van der Waals surface area contributed by atoms with Crippen LogP contribution in [0.1, 0.15) is 23.3 Å². The first-order valence-electron chi connectivity index (χ1n) is 10.5. The van der Waals surface area contributed by atoms with Crippen LogP contribution in [0.2, 0.25) is 0 Å². The van der Waals surface area contributed by atoms with Gasteiger partial charge in [-0.2, -0.15) is 4.98 Å². The summed E-state index contributed by atoms with van der Waals surface area (Å²) in [5.41, 5.74) is 9.60. The second-order valence-electron chi connectivity index (χ2n) is 8.21. The molecule has 1 saturated heterocycles. The number of nitrogens with zero attached hydrogens (tertiary/aromatic N) is 6. The Kier molecular flexibility index (Phi) is 4.22. The minimum atomic E-state index is -0.242. The Labute approximate surface area is 183 Å². The lowest BCUT2D eigenvalue weighted by Gasteiger charge is -2.44. The summed E-state index contributed by atoms with van der Waals surface area (Å²) in [6.45, 7) is 2.45. The summed E-state index contributed by atoms with van der Waals surface area (Å²) in [5.74, 6) is 1.29. The number of imidazole rings is 1. The third kappa shape index (κ3) is 3.07. The van der Waals surface area contributed by atoms with E-state index in [0.717, 1.165) is 66.6 Å². The van der Waals surface area contributed by atoms with E-state index in [1.165, 1.54) is 10.4 Å². The van der Waals surface area contributed by atoms with Crippen LogP contribution < -0.4 is 10.6 Å². The second-order valence-corrected chi connectivity index (χ2v) is 9.35. The largest absolute Gasteiger partial charge is 0.384 e. The van der Waals surface area contributed by atoms with Crippen LogP contribution in [-0.2, 0) is 23.8 Å². The van der Waals surface area contributed by atoms with Gasteiger partial charge in [-0.05, 0) is 36.6 Å². The topological polar surface area (TPSA) is 95.0 Å². The van der Waals surface area contributed by atoms with Gasteiger partial charge in [0.15, 0.2) is 5.65 Å². The van der Waals surface area contributed by atoms with Gasteiger partial charge in [0.1, 0.15) is 11.3 Å². The smallest absolute Gasteiger partial charge is 0.227 e. The number of hydrogen-bond donors (Lipinski definition) is 1. The van der Waals surface area contributed by atoms with E-state index in [0.29, 0.717) is 5.82 Å². The average Bonchev–Trinajstić information content (AvgIpc) is 3.39. The molecule has 0 saturated carbocycles. The molecule has 1 spiro atoms. The van der Waals surface area contributed by atoms with E-state index in [1.807, 2.05) is 47.3 Å².